The molecule has 0 amide bonds. The largest absolute Gasteiger partial charge is 0.495 e. The van der Waals surface area contributed by atoms with Crippen LogP contribution in [0.2, 0.25) is 0 Å². The summed E-state index contributed by atoms with van der Waals surface area (Å²) in [5.74, 6) is 2.23. The first-order valence-electron chi connectivity index (χ1n) is 6.32. The molecule has 3 nitrogen and oxygen atoms in total. The van der Waals surface area contributed by atoms with Crippen molar-refractivity contribution >= 4 is 11.4 Å². The highest BCUT2D eigenvalue weighted by Crippen LogP contribution is 2.36. The van der Waals surface area contributed by atoms with Crippen LogP contribution in [-0.2, 0) is 0 Å². The fourth-order valence-electron chi connectivity index (χ4n) is 2.62. The van der Waals surface area contributed by atoms with Crippen LogP contribution in [-0.4, -0.2) is 13.2 Å². The standard InChI is InChI=1S/C14H22N2O/c1-9-7-8-11(10(9)2)16-12-5-4-6-13(17-3)14(12)15/h4-6,9-11,16H,7-8,15H2,1-3H3. The van der Waals surface area contributed by atoms with Crippen LogP contribution in [0.4, 0.5) is 11.4 Å². The maximum Gasteiger partial charge on any atom is 0.143 e. The molecule has 0 saturated heterocycles. The average Bonchev–Trinajstić information content (AvgIpc) is 2.64. The monoisotopic (exact) mass is 234 g/mol. The zero-order valence-corrected chi connectivity index (χ0v) is 10.9. The third-order valence-electron chi connectivity index (χ3n) is 4.09. The van der Waals surface area contributed by atoms with E-state index in [9.17, 15) is 0 Å². The van der Waals surface area contributed by atoms with Gasteiger partial charge in [-0.3, -0.25) is 0 Å². The Kier molecular flexibility index (Phi) is 3.46. The second-order valence-electron chi connectivity index (χ2n) is 5.09. The molecule has 1 aromatic rings. The van der Waals surface area contributed by atoms with Crippen LogP contribution in [0, 0.1) is 11.8 Å². The zero-order valence-electron chi connectivity index (χ0n) is 10.9. The molecule has 0 spiro atoms. The predicted octanol–water partition coefficient (Wildman–Crippen LogP) is 3.12. The molecule has 0 aliphatic heterocycles. The molecule has 1 fully saturated rings. The summed E-state index contributed by atoms with van der Waals surface area (Å²) in [6.07, 6.45) is 2.52. The minimum absolute atomic E-state index is 0.527. The number of anilines is 2. The maximum absolute atomic E-state index is 6.06. The Bertz CT molecular complexity index is 392. The molecule has 0 bridgehead atoms. The molecule has 94 valence electrons. The lowest BCUT2D eigenvalue weighted by atomic mass is 9.97. The summed E-state index contributed by atoms with van der Waals surface area (Å²) in [6, 6.07) is 6.41. The lowest BCUT2D eigenvalue weighted by Crippen LogP contribution is -2.24. The lowest BCUT2D eigenvalue weighted by molar-refractivity contribution is 0.416. The van der Waals surface area contributed by atoms with E-state index in [4.69, 9.17) is 10.5 Å². The molecule has 0 aromatic heterocycles. The Morgan fingerprint density at radius 3 is 2.65 bits per heavy atom. The highest BCUT2D eigenvalue weighted by molar-refractivity contribution is 5.73. The first-order valence-corrected chi connectivity index (χ1v) is 6.32. The van der Waals surface area contributed by atoms with E-state index in [-0.39, 0.29) is 0 Å². The van der Waals surface area contributed by atoms with E-state index >= 15 is 0 Å². The van der Waals surface area contributed by atoms with Gasteiger partial charge in [0.1, 0.15) is 5.75 Å². The van der Waals surface area contributed by atoms with Crippen molar-refractivity contribution in [2.75, 3.05) is 18.2 Å². The Morgan fingerprint density at radius 2 is 2.06 bits per heavy atom. The van der Waals surface area contributed by atoms with Crippen LogP contribution in [0.3, 0.4) is 0 Å². The van der Waals surface area contributed by atoms with Crippen LogP contribution < -0.4 is 15.8 Å². The van der Waals surface area contributed by atoms with Gasteiger partial charge in [-0.15, -0.1) is 0 Å². The molecule has 1 aliphatic rings. The number of nitrogen functional groups attached to an aromatic ring is 1. The first kappa shape index (κ1) is 12.1. The van der Waals surface area contributed by atoms with E-state index in [1.54, 1.807) is 7.11 Å². The number of nitrogens with two attached hydrogens (primary N) is 1. The fraction of sp³-hybridized carbons (Fsp3) is 0.571. The average molecular weight is 234 g/mol. The van der Waals surface area contributed by atoms with Gasteiger partial charge in [-0.1, -0.05) is 19.9 Å². The van der Waals surface area contributed by atoms with E-state index in [1.165, 1.54) is 12.8 Å². The van der Waals surface area contributed by atoms with Crippen molar-refractivity contribution in [3.8, 4) is 5.75 Å². The van der Waals surface area contributed by atoms with Gasteiger partial charge in [-0.2, -0.15) is 0 Å². The number of rotatable bonds is 3. The van der Waals surface area contributed by atoms with Crippen molar-refractivity contribution in [3.63, 3.8) is 0 Å². The van der Waals surface area contributed by atoms with Crippen LogP contribution in [0.25, 0.3) is 0 Å². The van der Waals surface area contributed by atoms with E-state index in [1.807, 2.05) is 18.2 Å². The third kappa shape index (κ3) is 2.33. The van der Waals surface area contributed by atoms with Crippen molar-refractivity contribution in [2.24, 2.45) is 11.8 Å². The van der Waals surface area contributed by atoms with E-state index < -0.39 is 0 Å². The number of ether oxygens (including phenoxy) is 1. The van der Waals surface area contributed by atoms with E-state index in [0.29, 0.717) is 17.6 Å². The number of methoxy groups -OCH3 is 1. The molecule has 3 atom stereocenters. The Morgan fingerprint density at radius 1 is 1.29 bits per heavy atom. The van der Waals surface area contributed by atoms with Gasteiger partial charge in [-0.05, 0) is 36.8 Å². The number of hydrogen-bond donors (Lipinski definition) is 2. The van der Waals surface area contributed by atoms with Gasteiger partial charge in [0, 0.05) is 6.04 Å². The summed E-state index contributed by atoms with van der Waals surface area (Å²) in [6.45, 7) is 4.63. The number of hydrogen-bond acceptors (Lipinski definition) is 3. The third-order valence-corrected chi connectivity index (χ3v) is 4.09. The van der Waals surface area contributed by atoms with Crippen molar-refractivity contribution in [2.45, 2.75) is 32.7 Å². The van der Waals surface area contributed by atoms with Crippen molar-refractivity contribution < 1.29 is 4.74 Å². The summed E-state index contributed by atoms with van der Waals surface area (Å²) in [5, 5.41) is 3.56. The molecular weight excluding hydrogens is 212 g/mol. The van der Waals surface area contributed by atoms with Crippen molar-refractivity contribution in [1.82, 2.24) is 0 Å². The molecular formula is C14H22N2O. The topological polar surface area (TPSA) is 47.3 Å². The molecule has 3 unspecified atom stereocenters. The number of para-hydroxylation sites is 1. The molecule has 3 N–H and O–H groups in total. The molecule has 0 radical (unpaired) electrons. The molecule has 1 saturated carbocycles. The summed E-state index contributed by atoms with van der Waals surface area (Å²) < 4.78 is 5.23. The van der Waals surface area contributed by atoms with Crippen LogP contribution >= 0.6 is 0 Å². The molecule has 0 heterocycles. The summed E-state index contributed by atoms with van der Waals surface area (Å²) in [4.78, 5) is 0. The van der Waals surface area contributed by atoms with Gasteiger partial charge in [-0.25, -0.2) is 0 Å². The van der Waals surface area contributed by atoms with Crippen molar-refractivity contribution in [3.05, 3.63) is 18.2 Å². The summed E-state index contributed by atoms with van der Waals surface area (Å²) in [7, 11) is 1.65. The Hall–Kier alpha value is -1.38. The molecule has 17 heavy (non-hydrogen) atoms. The van der Waals surface area contributed by atoms with Gasteiger partial charge in [0.15, 0.2) is 0 Å². The van der Waals surface area contributed by atoms with E-state index in [0.717, 1.165) is 17.4 Å². The maximum atomic E-state index is 6.06. The van der Waals surface area contributed by atoms with Gasteiger partial charge < -0.3 is 15.8 Å². The molecule has 1 aromatic carbocycles. The molecule has 2 rings (SSSR count). The zero-order chi connectivity index (χ0) is 12.4. The van der Waals surface area contributed by atoms with E-state index in [2.05, 4.69) is 19.2 Å². The van der Waals surface area contributed by atoms with Gasteiger partial charge in [0.2, 0.25) is 0 Å². The summed E-state index contributed by atoms with van der Waals surface area (Å²) in [5.41, 5.74) is 7.77. The van der Waals surface area contributed by atoms with Gasteiger partial charge >= 0.3 is 0 Å². The SMILES string of the molecule is COc1cccc(NC2CCC(C)C2C)c1N. The summed E-state index contributed by atoms with van der Waals surface area (Å²) >= 11 is 0. The molecule has 1 aliphatic carbocycles. The minimum Gasteiger partial charge on any atom is -0.495 e. The van der Waals surface area contributed by atoms with Crippen molar-refractivity contribution in [1.29, 1.82) is 0 Å². The van der Waals surface area contributed by atoms with Crippen LogP contribution in [0.5, 0.6) is 5.75 Å². The lowest BCUT2D eigenvalue weighted by Gasteiger charge is -2.22. The second-order valence-corrected chi connectivity index (χ2v) is 5.09. The van der Waals surface area contributed by atoms with Gasteiger partial charge in [0.25, 0.3) is 0 Å². The first-order chi connectivity index (χ1) is 8.13. The predicted molar refractivity (Wildman–Crippen MR) is 72.4 cm³/mol. The molecule has 3 heteroatoms. The number of nitrogens with one attached hydrogen (secondary N) is 1. The smallest absolute Gasteiger partial charge is 0.143 e. The normalized spacial score (nSPS) is 28.1. The number of benzene rings is 1. The highest BCUT2D eigenvalue weighted by Gasteiger charge is 2.29. The fourth-order valence-corrected chi connectivity index (χ4v) is 2.62. The van der Waals surface area contributed by atoms with Crippen LogP contribution in [0.1, 0.15) is 26.7 Å². The second kappa shape index (κ2) is 4.86. The quantitative estimate of drug-likeness (QED) is 0.790. The minimum atomic E-state index is 0.527. The highest BCUT2D eigenvalue weighted by atomic mass is 16.5. The van der Waals surface area contributed by atoms with Gasteiger partial charge in [0.05, 0.1) is 18.5 Å². The van der Waals surface area contributed by atoms with Crippen LogP contribution in [0.15, 0.2) is 18.2 Å². The Balaban J connectivity index is 2.14. The Labute approximate surface area is 103 Å².